The molecule has 0 saturated carbocycles. The molecule has 2 aromatic rings. The number of rotatable bonds is 3. The fourth-order valence-electron chi connectivity index (χ4n) is 1.60. The van der Waals surface area contributed by atoms with Gasteiger partial charge in [0.05, 0.1) is 11.7 Å². The van der Waals surface area contributed by atoms with Crippen molar-refractivity contribution in [3.8, 4) is 11.3 Å². The molecule has 1 atom stereocenters. The Bertz CT molecular complexity index is 480. The first kappa shape index (κ1) is 11.7. The molecule has 3 nitrogen and oxygen atoms in total. The number of aromatic nitrogens is 2. The van der Waals surface area contributed by atoms with Crippen molar-refractivity contribution in [1.82, 2.24) is 9.97 Å². The Hall–Kier alpha value is -1.74. The monoisotopic (exact) mass is 227 g/mol. The lowest BCUT2D eigenvalue weighted by atomic mass is 10.0. The van der Waals surface area contributed by atoms with E-state index in [9.17, 15) is 0 Å². The van der Waals surface area contributed by atoms with Gasteiger partial charge in [-0.3, -0.25) is 0 Å². The summed E-state index contributed by atoms with van der Waals surface area (Å²) in [7, 11) is 0. The van der Waals surface area contributed by atoms with E-state index >= 15 is 0 Å². The van der Waals surface area contributed by atoms with E-state index in [0.29, 0.717) is 11.7 Å². The highest BCUT2D eigenvalue weighted by molar-refractivity contribution is 5.58. The van der Waals surface area contributed by atoms with Crippen LogP contribution in [0.25, 0.3) is 11.3 Å². The minimum absolute atomic E-state index is 0.112. The Labute approximate surface area is 102 Å². The van der Waals surface area contributed by atoms with Crippen LogP contribution in [0.4, 0.5) is 0 Å². The van der Waals surface area contributed by atoms with Crippen LogP contribution in [0, 0.1) is 5.92 Å². The van der Waals surface area contributed by atoms with E-state index in [0.717, 1.165) is 11.3 Å². The van der Waals surface area contributed by atoms with Crippen molar-refractivity contribution < 1.29 is 0 Å². The summed E-state index contributed by atoms with van der Waals surface area (Å²) in [6.07, 6.45) is 1.77. The smallest absolute Gasteiger partial charge is 0.145 e. The van der Waals surface area contributed by atoms with Gasteiger partial charge in [0, 0.05) is 11.8 Å². The molecule has 0 spiro atoms. The second-order valence-corrected chi connectivity index (χ2v) is 4.44. The minimum Gasteiger partial charge on any atom is -0.321 e. The summed E-state index contributed by atoms with van der Waals surface area (Å²) in [4.78, 5) is 8.78. The molecule has 88 valence electrons. The van der Waals surface area contributed by atoms with Crippen molar-refractivity contribution in [2.24, 2.45) is 11.7 Å². The van der Waals surface area contributed by atoms with Gasteiger partial charge in [-0.2, -0.15) is 0 Å². The standard InChI is InChI=1S/C14H17N3/c1-10(2)13(15)14-16-9-8-12(17-14)11-6-4-3-5-7-11/h3-10,13H,15H2,1-2H3. The van der Waals surface area contributed by atoms with E-state index in [2.05, 4.69) is 23.8 Å². The normalized spacial score (nSPS) is 12.7. The Kier molecular flexibility index (Phi) is 3.49. The maximum Gasteiger partial charge on any atom is 0.145 e. The highest BCUT2D eigenvalue weighted by Gasteiger charge is 2.13. The first-order chi connectivity index (χ1) is 8.18. The predicted octanol–water partition coefficient (Wildman–Crippen LogP) is 2.80. The van der Waals surface area contributed by atoms with Crippen LogP contribution in [0.5, 0.6) is 0 Å². The van der Waals surface area contributed by atoms with E-state index in [1.54, 1.807) is 6.20 Å². The number of nitrogens with two attached hydrogens (primary N) is 1. The molecular weight excluding hydrogens is 210 g/mol. The van der Waals surface area contributed by atoms with Crippen molar-refractivity contribution in [3.05, 3.63) is 48.4 Å². The van der Waals surface area contributed by atoms with Crippen molar-refractivity contribution >= 4 is 0 Å². The molecule has 0 fully saturated rings. The lowest BCUT2D eigenvalue weighted by Gasteiger charge is -2.14. The molecule has 17 heavy (non-hydrogen) atoms. The highest BCUT2D eigenvalue weighted by Crippen LogP contribution is 2.19. The van der Waals surface area contributed by atoms with Gasteiger partial charge >= 0.3 is 0 Å². The summed E-state index contributed by atoms with van der Waals surface area (Å²) in [5, 5.41) is 0. The third kappa shape index (κ3) is 2.68. The molecule has 0 radical (unpaired) electrons. The van der Waals surface area contributed by atoms with Gasteiger partial charge in [0.2, 0.25) is 0 Å². The second-order valence-electron chi connectivity index (χ2n) is 4.44. The summed E-state index contributed by atoms with van der Waals surface area (Å²) in [6, 6.07) is 11.9. The lowest BCUT2D eigenvalue weighted by molar-refractivity contribution is 0.490. The van der Waals surface area contributed by atoms with Crippen molar-refractivity contribution in [3.63, 3.8) is 0 Å². The molecule has 1 aromatic heterocycles. The molecule has 2 N–H and O–H groups in total. The third-order valence-electron chi connectivity index (χ3n) is 2.76. The fourth-order valence-corrected chi connectivity index (χ4v) is 1.60. The van der Waals surface area contributed by atoms with Crippen LogP contribution in [-0.2, 0) is 0 Å². The van der Waals surface area contributed by atoms with Gasteiger partial charge in [-0.15, -0.1) is 0 Å². The predicted molar refractivity (Wildman–Crippen MR) is 69.2 cm³/mol. The van der Waals surface area contributed by atoms with Crippen LogP contribution in [0.2, 0.25) is 0 Å². The molecule has 2 rings (SSSR count). The van der Waals surface area contributed by atoms with Crippen LogP contribution >= 0.6 is 0 Å². The summed E-state index contributed by atoms with van der Waals surface area (Å²) in [5.41, 5.74) is 8.07. The zero-order valence-electron chi connectivity index (χ0n) is 10.2. The maximum absolute atomic E-state index is 6.06. The van der Waals surface area contributed by atoms with E-state index < -0.39 is 0 Å². The third-order valence-corrected chi connectivity index (χ3v) is 2.76. The molecule has 0 aliphatic heterocycles. The molecule has 1 unspecified atom stereocenters. The van der Waals surface area contributed by atoms with Crippen molar-refractivity contribution in [1.29, 1.82) is 0 Å². The summed E-state index contributed by atoms with van der Waals surface area (Å²) >= 11 is 0. The Balaban J connectivity index is 2.35. The first-order valence-electron chi connectivity index (χ1n) is 5.82. The van der Waals surface area contributed by atoms with E-state index in [-0.39, 0.29) is 6.04 Å². The van der Waals surface area contributed by atoms with E-state index in [1.807, 2.05) is 36.4 Å². The number of hydrogen-bond donors (Lipinski definition) is 1. The van der Waals surface area contributed by atoms with Crippen molar-refractivity contribution in [2.75, 3.05) is 0 Å². The largest absolute Gasteiger partial charge is 0.321 e. The minimum atomic E-state index is -0.112. The number of hydrogen-bond acceptors (Lipinski definition) is 3. The summed E-state index contributed by atoms with van der Waals surface area (Å²) < 4.78 is 0. The van der Waals surface area contributed by atoms with Gasteiger partial charge in [-0.05, 0) is 12.0 Å². The van der Waals surface area contributed by atoms with Crippen LogP contribution in [0.3, 0.4) is 0 Å². The lowest BCUT2D eigenvalue weighted by Crippen LogP contribution is -2.19. The Morgan fingerprint density at radius 1 is 1.06 bits per heavy atom. The van der Waals surface area contributed by atoms with Crippen LogP contribution in [-0.4, -0.2) is 9.97 Å². The summed E-state index contributed by atoms with van der Waals surface area (Å²) in [6.45, 7) is 4.15. The Morgan fingerprint density at radius 2 is 1.76 bits per heavy atom. The van der Waals surface area contributed by atoms with Gasteiger partial charge in [0.1, 0.15) is 5.82 Å². The molecule has 1 heterocycles. The molecule has 0 aliphatic rings. The molecule has 0 bridgehead atoms. The van der Waals surface area contributed by atoms with E-state index in [4.69, 9.17) is 5.73 Å². The van der Waals surface area contributed by atoms with Gasteiger partial charge < -0.3 is 5.73 Å². The topological polar surface area (TPSA) is 51.8 Å². The van der Waals surface area contributed by atoms with Gasteiger partial charge in [0.15, 0.2) is 0 Å². The molecule has 0 aliphatic carbocycles. The van der Waals surface area contributed by atoms with Crippen LogP contribution in [0.1, 0.15) is 25.7 Å². The Morgan fingerprint density at radius 3 is 2.41 bits per heavy atom. The van der Waals surface area contributed by atoms with E-state index in [1.165, 1.54) is 0 Å². The number of nitrogens with zero attached hydrogens (tertiary/aromatic N) is 2. The van der Waals surface area contributed by atoms with Gasteiger partial charge in [-0.1, -0.05) is 44.2 Å². The average molecular weight is 227 g/mol. The molecular formula is C14H17N3. The molecule has 0 saturated heterocycles. The highest BCUT2D eigenvalue weighted by atomic mass is 14.9. The fraction of sp³-hybridized carbons (Fsp3) is 0.286. The number of benzene rings is 1. The molecule has 1 aromatic carbocycles. The SMILES string of the molecule is CC(C)C(N)c1nccc(-c2ccccc2)n1. The quantitative estimate of drug-likeness (QED) is 0.877. The van der Waals surface area contributed by atoms with Crippen LogP contribution in [0.15, 0.2) is 42.6 Å². The van der Waals surface area contributed by atoms with Crippen molar-refractivity contribution in [2.45, 2.75) is 19.9 Å². The molecule has 3 heteroatoms. The van der Waals surface area contributed by atoms with Gasteiger partial charge in [0.25, 0.3) is 0 Å². The second kappa shape index (κ2) is 5.06. The first-order valence-corrected chi connectivity index (χ1v) is 5.82. The summed E-state index contributed by atoms with van der Waals surface area (Å²) in [5.74, 6) is 1.04. The van der Waals surface area contributed by atoms with Crippen LogP contribution < -0.4 is 5.73 Å². The zero-order chi connectivity index (χ0) is 12.3. The molecule has 0 amide bonds. The zero-order valence-corrected chi connectivity index (χ0v) is 10.2. The maximum atomic E-state index is 6.06. The van der Waals surface area contributed by atoms with Gasteiger partial charge in [-0.25, -0.2) is 9.97 Å². The average Bonchev–Trinajstić information content (AvgIpc) is 2.39.